The van der Waals surface area contributed by atoms with Crippen molar-refractivity contribution in [1.29, 1.82) is 0 Å². The van der Waals surface area contributed by atoms with E-state index in [1.54, 1.807) is 0 Å². The Hall–Kier alpha value is -3.79. The Morgan fingerprint density at radius 1 is 1.03 bits per heavy atom. The number of nitrogen functional groups attached to an aromatic ring is 1. The van der Waals surface area contributed by atoms with Gasteiger partial charge in [0, 0.05) is 38.0 Å². The Morgan fingerprint density at radius 3 is 2.58 bits per heavy atom. The summed E-state index contributed by atoms with van der Waals surface area (Å²) < 4.78 is 0.913. The highest BCUT2D eigenvalue weighted by Crippen LogP contribution is 2.23. The first kappa shape index (κ1) is 23.9. The van der Waals surface area contributed by atoms with Gasteiger partial charge in [0.25, 0.3) is 5.56 Å². The lowest BCUT2D eigenvalue weighted by molar-refractivity contribution is -0.140. The van der Waals surface area contributed by atoms with Gasteiger partial charge >= 0.3 is 5.97 Å². The molecule has 10 nitrogen and oxygen atoms in total. The number of carbonyl (C=O) groups excluding carboxylic acids is 1. The van der Waals surface area contributed by atoms with Gasteiger partial charge in [-0.2, -0.15) is 0 Å². The molecule has 5 rings (SSSR count). The van der Waals surface area contributed by atoms with E-state index in [2.05, 4.69) is 33.0 Å². The zero-order chi connectivity index (χ0) is 25.2. The van der Waals surface area contributed by atoms with Crippen LogP contribution in [0.4, 0.5) is 5.82 Å². The van der Waals surface area contributed by atoms with Gasteiger partial charge in [-0.3, -0.25) is 19.3 Å². The lowest BCUT2D eigenvalue weighted by Gasteiger charge is -2.35. The number of ketones is 1. The minimum absolute atomic E-state index is 0.155. The SMILES string of the molecule is Nn1c(CCCCN2CCN(c3ccc4ccccc4n3)CC2)nc2c(c1=O)C(=O)C(C(=O)O)CC2. The lowest BCUT2D eigenvalue weighted by atomic mass is 9.86. The molecule has 36 heavy (non-hydrogen) atoms. The van der Waals surface area contributed by atoms with Crippen molar-refractivity contribution in [1.82, 2.24) is 19.5 Å². The Balaban J connectivity index is 1.12. The number of piperazine rings is 1. The first-order chi connectivity index (χ1) is 17.4. The number of carbonyl (C=O) groups is 2. The van der Waals surface area contributed by atoms with Crippen LogP contribution < -0.4 is 16.3 Å². The van der Waals surface area contributed by atoms with Crippen LogP contribution in [0, 0.1) is 5.92 Å². The summed E-state index contributed by atoms with van der Waals surface area (Å²) in [6, 6.07) is 12.4. The number of Topliss-reactive ketones (excluding diaryl/α,β-unsaturated/α-hetero) is 1. The number of pyridine rings is 1. The topological polar surface area (TPSA) is 135 Å². The number of nitrogens with zero attached hydrogens (tertiary/aromatic N) is 5. The summed E-state index contributed by atoms with van der Waals surface area (Å²) in [4.78, 5) is 50.4. The summed E-state index contributed by atoms with van der Waals surface area (Å²) in [5, 5.41) is 10.4. The van der Waals surface area contributed by atoms with E-state index in [9.17, 15) is 19.5 Å². The van der Waals surface area contributed by atoms with Crippen molar-refractivity contribution in [3.05, 3.63) is 63.8 Å². The maximum Gasteiger partial charge on any atom is 0.314 e. The Kier molecular flexibility index (Phi) is 6.69. The molecule has 0 spiro atoms. The Bertz CT molecular complexity index is 1360. The van der Waals surface area contributed by atoms with Crippen LogP contribution in [0.1, 0.15) is 41.1 Å². The molecule has 0 amide bonds. The predicted molar refractivity (Wildman–Crippen MR) is 136 cm³/mol. The van der Waals surface area contributed by atoms with Gasteiger partial charge in [0.2, 0.25) is 0 Å². The fourth-order valence-electron chi connectivity index (χ4n) is 5.10. The summed E-state index contributed by atoms with van der Waals surface area (Å²) in [5.41, 5.74) is 0.568. The van der Waals surface area contributed by atoms with E-state index in [0.717, 1.165) is 67.0 Å². The van der Waals surface area contributed by atoms with E-state index >= 15 is 0 Å². The second-order valence-corrected chi connectivity index (χ2v) is 9.47. The number of aromatic nitrogens is 3. The lowest BCUT2D eigenvalue weighted by Crippen LogP contribution is -2.47. The first-order valence-corrected chi connectivity index (χ1v) is 12.4. The third-order valence-electron chi connectivity index (χ3n) is 7.20. The van der Waals surface area contributed by atoms with Crippen molar-refractivity contribution < 1.29 is 14.7 Å². The highest BCUT2D eigenvalue weighted by molar-refractivity contribution is 6.09. The van der Waals surface area contributed by atoms with Crippen LogP contribution >= 0.6 is 0 Å². The molecule has 1 aliphatic heterocycles. The third kappa shape index (κ3) is 4.68. The van der Waals surface area contributed by atoms with E-state index in [4.69, 9.17) is 10.8 Å². The largest absolute Gasteiger partial charge is 0.481 e. The summed E-state index contributed by atoms with van der Waals surface area (Å²) in [5.74, 6) is 4.29. The number of aryl methyl sites for hydroxylation is 2. The van der Waals surface area contributed by atoms with Crippen molar-refractivity contribution in [3.63, 3.8) is 0 Å². The molecule has 1 aliphatic carbocycles. The van der Waals surface area contributed by atoms with Gasteiger partial charge in [-0.15, -0.1) is 0 Å². The number of fused-ring (bicyclic) bond motifs is 2. The summed E-state index contributed by atoms with van der Waals surface area (Å²) in [7, 11) is 0. The molecular weight excluding hydrogens is 460 g/mol. The Morgan fingerprint density at radius 2 is 1.81 bits per heavy atom. The van der Waals surface area contributed by atoms with Crippen LogP contribution in [0.15, 0.2) is 41.2 Å². The van der Waals surface area contributed by atoms with Crippen molar-refractivity contribution >= 4 is 28.5 Å². The Labute approximate surface area is 208 Å². The highest BCUT2D eigenvalue weighted by atomic mass is 16.4. The van der Waals surface area contributed by atoms with E-state index in [-0.39, 0.29) is 18.4 Å². The smallest absolute Gasteiger partial charge is 0.314 e. The number of hydrogen-bond donors (Lipinski definition) is 2. The molecule has 2 aromatic heterocycles. The molecule has 1 unspecified atom stereocenters. The van der Waals surface area contributed by atoms with Gasteiger partial charge in [0.15, 0.2) is 5.78 Å². The molecule has 1 fully saturated rings. The molecule has 188 valence electrons. The minimum atomic E-state index is -1.22. The first-order valence-electron chi connectivity index (χ1n) is 12.4. The second kappa shape index (κ2) is 10.1. The van der Waals surface area contributed by atoms with Crippen LogP contribution in [0.5, 0.6) is 0 Å². The normalized spacial score (nSPS) is 18.4. The standard InChI is InChI=1S/C26H30N6O4/c27-32-22(29-20-10-9-18(26(35)36)24(33)23(20)25(32)34)7-3-4-12-30-13-15-31(16-14-30)21-11-8-17-5-1-2-6-19(17)28-21/h1-2,5-6,8,11,18H,3-4,7,9-10,12-16,27H2,(H,35,36). The summed E-state index contributed by atoms with van der Waals surface area (Å²) >= 11 is 0. The van der Waals surface area contributed by atoms with E-state index in [1.807, 2.05) is 18.2 Å². The number of anilines is 1. The zero-order valence-electron chi connectivity index (χ0n) is 20.1. The molecule has 3 aromatic rings. The van der Waals surface area contributed by atoms with Gasteiger partial charge in [-0.1, -0.05) is 18.2 Å². The van der Waals surface area contributed by atoms with Gasteiger partial charge in [0.05, 0.1) is 11.2 Å². The second-order valence-electron chi connectivity index (χ2n) is 9.47. The van der Waals surface area contributed by atoms with Crippen molar-refractivity contribution in [2.75, 3.05) is 43.5 Å². The predicted octanol–water partition coefficient (Wildman–Crippen LogP) is 1.48. The number of para-hydroxylation sites is 1. The molecule has 1 aromatic carbocycles. The number of aliphatic carboxylic acids is 1. The molecule has 1 saturated heterocycles. The van der Waals surface area contributed by atoms with Crippen LogP contribution in [0.3, 0.4) is 0 Å². The molecule has 3 heterocycles. The number of hydrogen-bond acceptors (Lipinski definition) is 8. The zero-order valence-corrected chi connectivity index (χ0v) is 20.1. The quantitative estimate of drug-likeness (QED) is 0.287. The van der Waals surface area contributed by atoms with Gasteiger partial charge in [0.1, 0.15) is 23.1 Å². The minimum Gasteiger partial charge on any atom is -0.481 e. The van der Waals surface area contributed by atoms with E-state index < -0.39 is 23.2 Å². The number of nitrogens with two attached hydrogens (primary N) is 1. The van der Waals surface area contributed by atoms with Crippen LogP contribution in [0.25, 0.3) is 10.9 Å². The average molecular weight is 491 g/mol. The van der Waals surface area contributed by atoms with Crippen molar-refractivity contribution in [3.8, 4) is 0 Å². The highest BCUT2D eigenvalue weighted by Gasteiger charge is 2.36. The average Bonchev–Trinajstić information content (AvgIpc) is 2.89. The van der Waals surface area contributed by atoms with E-state index in [0.29, 0.717) is 17.9 Å². The molecule has 10 heteroatoms. The van der Waals surface area contributed by atoms with Gasteiger partial charge in [-0.25, -0.2) is 14.6 Å². The third-order valence-corrected chi connectivity index (χ3v) is 7.20. The van der Waals surface area contributed by atoms with Crippen molar-refractivity contribution in [2.45, 2.75) is 32.1 Å². The van der Waals surface area contributed by atoms with Crippen LogP contribution in [-0.4, -0.2) is 69.1 Å². The maximum atomic E-state index is 12.7. The number of carboxylic acids is 1. The monoisotopic (exact) mass is 490 g/mol. The van der Waals surface area contributed by atoms with Crippen molar-refractivity contribution in [2.24, 2.45) is 5.92 Å². The van der Waals surface area contributed by atoms with Gasteiger partial charge < -0.3 is 15.8 Å². The summed E-state index contributed by atoms with van der Waals surface area (Å²) in [6.45, 7) is 4.70. The number of carboxylic acid groups (broad SMARTS) is 1. The van der Waals surface area contributed by atoms with E-state index in [1.165, 1.54) is 0 Å². The van der Waals surface area contributed by atoms with Crippen LogP contribution in [-0.2, 0) is 17.6 Å². The molecule has 0 saturated carbocycles. The molecule has 2 aliphatic rings. The molecule has 1 atom stereocenters. The number of benzene rings is 1. The van der Waals surface area contributed by atoms with Gasteiger partial charge in [-0.05, 0) is 50.4 Å². The molecule has 0 bridgehead atoms. The number of unbranched alkanes of at least 4 members (excludes halogenated alkanes) is 1. The number of rotatable bonds is 7. The fourth-order valence-corrected chi connectivity index (χ4v) is 5.10. The summed E-state index contributed by atoms with van der Waals surface area (Å²) in [6.07, 6.45) is 2.71. The van der Waals surface area contributed by atoms with Crippen LogP contribution in [0.2, 0.25) is 0 Å². The maximum absolute atomic E-state index is 12.7. The molecule has 0 radical (unpaired) electrons. The fraction of sp³-hybridized carbons (Fsp3) is 0.423. The molecule has 3 N–H and O–H groups in total. The molecular formula is C26H30N6O4.